The lowest BCUT2D eigenvalue weighted by Crippen LogP contribution is -2.32. The quantitative estimate of drug-likeness (QED) is 0.791. The van der Waals surface area contributed by atoms with Crippen molar-refractivity contribution in [1.82, 2.24) is 9.88 Å². The first kappa shape index (κ1) is 10.4. The Morgan fingerprint density at radius 3 is 2.87 bits per heavy atom. The number of aromatic nitrogens is 1. The van der Waals surface area contributed by atoms with Crippen LogP contribution in [0.4, 0.5) is 0 Å². The number of nitrogens with zero attached hydrogens (tertiary/aromatic N) is 1. The summed E-state index contributed by atoms with van der Waals surface area (Å²) in [4.78, 5) is 27.5. The highest BCUT2D eigenvalue weighted by molar-refractivity contribution is 9.10. The van der Waals surface area contributed by atoms with Gasteiger partial charge in [-0.1, -0.05) is 6.92 Å². The van der Waals surface area contributed by atoms with Gasteiger partial charge in [-0.25, -0.2) is 0 Å². The third-order valence-electron chi connectivity index (χ3n) is 2.44. The number of carbonyl (C=O) groups is 2. The molecule has 1 aromatic heterocycles. The molecule has 0 radical (unpaired) electrons. The largest absolute Gasteiger partial charge is 0.356 e. The molecule has 1 saturated heterocycles. The molecule has 0 saturated carbocycles. The molecule has 0 aliphatic carbocycles. The monoisotopic (exact) mass is 270 g/mol. The van der Waals surface area contributed by atoms with Crippen LogP contribution in [0.5, 0.6) is 0 Å². The summed E-state index contributed by atoms with van der Waals surface area (Å²) in [6.45, 7) is 2.49. The first-order chi connectivity index (χ1) is 7.08. The van der Waals surface area contributed by atoms with Crippen molar-refractivity contribution in [2.75, 3.05) is 6.54 Å². The number of hydrogen-bond donors (Lipinski definition) is 1. The molecule has 2 heterocycles. The van der Waals surface area contributed by atoms with Gasteiger partial charge >= 0.3 is 0 Å². The molecule has 2 amide bonds. The molecule has 1 N–H and O–H groups in total. The number of rotatable bonds is 1. The number of imide groups is 1. The van der Waals surface area contributed by atoms with Gasteiger partial charge in [0.25, 0.3) is 5.91 Å². The van der Waals surface area contributed by atoms with E-state index in [4.69, 9.17) is 0 Å². The summed E-state index contributed by atoms with van der Waals surface area (Å²) < 4.78 is 0.811. The van der Waals surface area contributed by atoms with Crippen LogP contribution in [0.1, 0.15) is 23.8 Å². The Bertz CT molecular complexity index is 413. The second kappa shape index (κ2) is 3.81. The van der Waals surface area contributed by atoms with Crippen LogP contribution in [0, 0.1) is 5.92 Å². The Labute approximate surface area is 95.8 Å². The van der Waals surface area contributed by atoms with Crippen LogP contribution in [-0.4, -0.2) is 28.2 Å². The van der Waals surface area contributed by atoms with Crippen LogP contribution >= 0.6 is 15.9 Å². The van der Waals surface area contributed by atoms with Crippen molar-refractivity contribution in [3.8, 4) is 0 Å². The third-order valence-corrected chi connectivity index (χ3v) is 2.90. The SMILES string of the molecule is CC1CC(=O)N(C(=O)c2cc(Br)c[nH]2)C1. The second-order valence-electron chi connectivity index (χ2n) is 3.85. The summed E-state index contributed by atoms with van der Waals surface area (Å²) >= 11 is 3.25. The van der Waals surface area contributed by atoms with Gasteiger partial charge in [-0.05, 0) is 27.9 Å². The number of likely N-dealkylation sites (tertiary alicyclic amines) is 1. The molecule has 1 unspecified atom stereocenters. The van der Waals surface area contributed by atoms with E-state index in [0.717, 1.165) is 4.47 Å². The highest BCUT2D eigenvalue weighted by Gasteiger charge is 2.32. The van der Waals surface area contributed by atoms with E-state index >= 15 is 0 Å². The molecule has 0 bridgehead atoms. The molecule has 5 heteroatoms. The summed E-state index contributed by atoms with van der Waals surface area (Å²) in [5.74, 6) is -0.0619. The number of hydrogen-bond acceptors (Lipinski definition) is 2. The minimum absolute atomic E-state index is 0.0850. The molecule has 1 fully saturated rings. The van der Waals surface area contributed by atoms with E-state index in [-0.39, 0.29) is 17.7 Å². The predicted molar refractivity (Wildman–Crippen MR) is 58.3 cm³/mol. The van der Waals surface area contributed by atoms with E-state index in [1.165, 1.54) is 4.90 Å². The van der Waals surface area contributed by atoms with Gasteiger partial charge in [0.15, 0.2) is 0 Å². The van der Waals surface area contributed by atoms with E-state index in [1.807, 2.05) is 6.92 Å². The Balaban J connectivity index is 2.18. The number of halogens is 1. The van der Waals surface area contributed by atoms with E-state index in [1.54, 1.807) is 12.3 Å². The zero-order valence-electron chi connectivity index (χ0n) is 8.29. The fourth-order valence-electron chi connectivity index (χ4n) is 1.72. The van der Waals surface area contributed by atoms with E-state index in [9.17, 15) is 9.59 Å². The maximum Gasteiger partial charge on any atom is 0.276 e. The van der Waals surface area contributed by atoms with Crippen LogP contribution in [0.3, 0.4) is 0 Å². The molecule has 1 atom stereocenters. The normalized spacial score (nSPS) is 21.1. The summed E-state index contributed by atoms with van der Waals surface area (Å²) in [6.07, 6.45) is 2.14. The van der Waals surface area contributed by atoms with Crippen molar-refractivity contribution in [3.63, 3.8) is 0 Å². The molecule has 80 valence electrons. The standard InChI is InChI=1S/C10H11BrN2O2/c1-6-2-9(14)13(5-6)10(15)8-3-7(11)4-12-8/h3-4,6,12H,2,5H2,1H3. The van der Waals surface area contributed by atoms with Crippen molar-refractivity contribution in [3.05, 3.63) is 22.4 Å². The van der Waals surface area contributed by atoms with Crippen molar-refractivity contribution >= 4 is 27.7 Å². The molecule has 0 spiro atoms. The molecule has 1 aromatic rings. The zero-order valence-corrected chi connectivity index (χ0v) is 9.87. The van der Waals surface area contributed by atoms with Gasteiger partial charge in [-0.15, -0.1) is 0 Å². The Morgan fingerprint density at radius 1 is 1.67 bits per heavy atom. The topological polar surface area (TPSA) is 53.2 Å². The van der Waals surface area contributed by atoms with Crippen LogP contribution in [0.15, 0.2) is 16.7 Å². The molecule has 2 rings (SSSR count). The molecule has 4 nitrogen and oxygen atoms in total. The summed E-state index contributed by atoms with van der Waals surface area (Å²) in [5.41, 5.74) is 0.448. The zero-order chi connectivity index (χ0) is 11.0. The number of nitrogens with one attached hydrogen (secondary N) is 1. The molecule has 1 aliphatic heterocycles. The molecule has 15 heavy (non-hydrogen) atoms. The lowest BCUT2D eigenvalue weighted by atomic mass is 10.2. The van der Waals surface area contributed by atoms with Gasteiger partial charge in [-0.3, -0.25) is 14.5 Å². The maximum absolute atomic E-state index is 11.9. The molecular formula is C10H11BrN2O2. The van der Waals surface area contributed by atoms with Crippen molar-refractivity contribution in [2.45, 2.75) is 13.3 Å². The summed E-state index contributed by atoms with van der Waals surface area (Å²) in [6, 6.07) is 1.68. The van der Waals surface area contributed by atoms with Gasteiger partial charge in [0, 0.05) is 23.6 Å². The number of amides is 2. The third kappa shape index (κ3) is 1.97. The van der Waals surface area contributed by atoms with Gasteiger partial charge in [0.1, 0.15) is 5.69 Å². The van der Waals surface area contributed by atoms with E-state index in [2.05, 4.69) is 20.9 Å². The van der Waals surface area contributed by atoms with Crippen LogP contribution in [0.2, 0.25) is 0 Å². The summed E-state index contributed by atoms with van der Waals surface area (Å²) in [7, 11) is 0. The highest BCUT2D eigenvalue weighted by atomic mass is 79.9. The second-order valence-corrected chi connectivity index (χ2v) is 4.77. The van der Waals surface area contributed by atoms with Crippen LogP contribution < -0.4 is 0 Å². The van der Waals surface area contributed by atoms with Crippen molar-refractivity contribution in [2.24, 2.45) is 5.92 Å². The highest BCUT2D eigenvalue weighted by Crippen LogP contribution is 2.20. The van der Waals surface area contributed by atoms with Crippen LogP contribution in [0.25, 0.3) is 0 Å². The fourth-order valence-corrected chi connectivity index (χ4v) is 2.06. The maximum atomic E-state index is 11.9. The van der Waals surface area contributed by atoms with Gasteiger partial charge < -0.3 is 4.98 Å². The Kier molecular flexibility index (Phi) is 2.65. The number of carbonyl (C=O) groups excluding carboxylic acids is 2. The predicted octanol–water partition coefficient (Wildman–Crippen LogP) is 1.79. The Hall–Kier alpha value is -1.10. The smallest absolute Gasteiger partial charge is 0.276 e. The molecule has 0 aromatic carbocycles. The fraction of sp³-hybridized carbons (Fsp3) is 0.400. The Morgan fingerprint density at radius 2 is 2.40 bits per heavy atom. The van der Waals surface area contributed by atoms with E-state index in [0.29, 0.717) is 18.7 Å². The molecular weight excluding hydrogens is 260 g/mol. The lowest BCUT2D eigenvalue weighted by Gasteiger charge is -2.12. The minimum atomic E-state index is -0.241. The average Bonchev–Trinajstić information content (AvgIpc) is 2.71. The van der Waals surface area contributed by atoms with Crippen molar-refractivity contribution in [1.29, 1.82) is 0 Å². The average molecular weight is 271 g/mol. The number of aromatic amines is 1. The van der Waals surface area contributed by atoms with Gasteiger partial charge in [-0.2, -0.15) is 0 Å². The van der Waals surface area contributed by atoms with Crippen molar-refractivity contribution < 1.29 is 9.59 Å². The summed E-state index contributed by atoms with van der Waals surface area (Å²) in [5, 5.41) is 0. The van der Waals surface area contributed by atoms with Gasteiger partial charge in [0.05, 0.1) is 0 Å². The first-order valence-corrected chi connectivity index (χ1v) is 5.56. The molecule has 1 aliphatic rings. The number of H-pyrrole nitrogens is 1. The minimum Gasteiger partial charge on any atom is -0.356 e. The van der Waals surface area contributed by atoms with Crippen LogP contribution in [-0.2, 0) is 4.79 Å². The van der Waals surface area contributed by atoms with E-state index < -0.39 is 0 Å². The lowest BCUT2D eigenvalue weighted by molar-refractivity contribution is -0.125. The van der Waals surface area contributed by atoms with Gasteiger partial charge in [0.2, 0.25) is 5.91 Å². The first-order valence-electron chi connectivity index (χ1n) is 4.76.